The van der Waals surface area contributed by atoms with E-state index in [9.17, 15) is 4.79 Å². The van der Waals surface area contributed by atoms with Crippen LogP contribution in [0.25, 0.3) is 0 Å². The van der Waals surface area contributed by atoms with Gasteiger partial charge in [0.15, 0.2) is 0 Å². The number of nitrogens with zero attached hydrogens (tertiary/aromatic N) is 1. The molecule has 0 aliphatic heterocycles. The van der Waals surface area contributed by atoms with Crippen molar-refractivity contribution in [1.29, 1.82) is 0 Å². The summed E-state index contributed by atoms with van der Waals surface area (Å²) in [7, 11) is 1.98. The lowest BCUT2D eigenvalue weighted by molar-refractivity contribution is 0.112. The predicted molar refractivity (Wildman–Crippen MR) is 60.4 cm³/mol. The van der Waals surface area contributed by atoms with E-state index in [-0.39, 0.29) is 0 Å². The Labute approximate surface area is 89.5 Å². The van der Waals surface area contributed by atoms with Crippen LogP contribution in [0.2, 0.25) is 5.02 Å². The lowest BCUT2D eigenvalue weighted by Crippen LogP contribution is -2.25. The van der Waals surface area contributed by atoms with Crippen LogP contribution in [0.3, 0.4) is 0 Å². The molecule has 14 heavy (non-hydrogen) atoms. The molecule has 0 atom stereocenters. The molecule has 0 saturated carbocycles. The Kier molecular flexibility index (Phi) is 3.53. The monoisotopic (exact) mass is 211 g/mol. The molecule has 0 N–H and O–H groups in total. The summed E-state index contributed by atoms with van der Waals surface area (Å²) < 4.78 is 0. The molecule has 0 unspecified atom stereocenters. The average molecular weight is 212 g/mol. The second-order valence-corrected chi connectivity index (χ2v) is 3.94. The fourth-order valence-electron chi connectivity index (χ4n) is 1.16. The van der Waals surface area contributed by atoms with Gasteiger partial charge in [-0.2, -0.15) is 0 Å². The van der Waals surface area contributed by atoms with Crippen LogP contribution in [-0.2, 0) is 0 Å². The standard InChI is InChI=1S/C11H14ClNO/c1-8(2)13(3)11-5-4-9(7-14)6-10(11)12/h4-8H,1-3H3. The summed E-state index contributed by atoms with van der Waals surface area (Å²) in [5, 5.41) is 0.616. The Morgan fingerprint density at radius 3 is 2.50 bits per heavy atom. The highest BCUT2D eigenvalue weighted by Crippen LogP contribution is 2.26. The van der Waals surface area contributed by atoms with E-state index >= 15 is 0 Å². The van der Waals surface area contributed by atoms with E-state index in [0.29, 0.717) is 16.6 Å². The number of carbonyl (C=O) groups excluding carboxylic acids is 1. The molecule has 0 fully saturated rings. The van der Waals surface area contributed by atoms with Gasteiger partial charge in [0, 0.05) is 18.7 Å². The first-order chi connectivity index (χ1) is 6.56. The average Bonchev–Trinajstić information content (AvgIpc) is 2.16. The molecule has 0 spiro atoms. The molecule has 76 valence electrons. The zero-order chi connectivity index (χ0) is 10.7. The van der Waals surface area contributed by atoms with E-state index in [1.807, 2.05) is 13.1 Å². The van der Waals surface area contributed by atoms with Crippen molar-refractivity contribution >= 4 is 23.6 Å². The van der Waals surface area contributed by atoms with Gasteiger partial charge in [-0.25, -0.2) is 0 Å². The first kappa shape index (κ1) is 11.1. The summed E-state index contributed by atoms with van der Waals surface area (Å²) >= 11 is 6.05. The Bertz CT molecular complexity index is 336. The molecule has 3 heteroatoms. The number of benzene rings is 1. The van der Waals surface area contributed by atoms with E-state index in [1.54, 1.807) is 12.1 Å². The van der Waals surface area contributed by atoms with E-state index < -0.39 is 0 Å². The van der Waals surface area contributed by atoms with Gasteiger partial charge in [0.05, 0.1) is 10.7 Å². The van der Waals surface area contributed by atoms with Gasteiger partial charge in [-0.15, -0.1) is 0 Å². The third-order valence-corrected chi connectivity index (χ3v) is 2.57. The van der Waals surface area contributed by atoms with Crippen LogP contribution in [0, 0.1) is 0 Å². The van der Waals surface area contributed by atoms with Gasteiger partial charge >= 0.3 is 0 Å². The largest absolute Gasteiger partial charge is 0.371 e. The lowest BCUT2D eigenvalue weighted by atomic mass is 10.2. The molecule has 1 rings (SSSR count). The zero-order valence-electron chi connectivity index (χ0n) is 8.62. The molecule has 0 aliphatic rings. The SMILES string of the molecule is CC(C)N(C)c1ccc(C=O)cc1Cl. The van der Waals surface area contributed by atoms with Crippen LogP contribution in [-0.4, -0.2) is 19.4 Å². The topological polar surface area (TPSA) is 20.3 Å². The van der Waals surface area contributed by atoms with Gasteiger partial charge in [-0.05, 0) is 32.0 Å². The smallest absolute Gasteiger partial charge is 0.150 e. The number of halogens is 1. The summed E-state index contributed by atoms with van der Waals surface area (Å²) in [6.07, 6.45) is 0.797. The molecule has 1 aromatic rings. The molecule has 0 heterocycles. The summed E-state index contributed by atoms with van der Waals surface area (Å²) in [5.74, 6) is 0. The first-order valence-corrected chi connectivity index (χ1v) is 4.91. The number of carbonyl (C=O) groups is 1. The number of hydrogen-bond acceptors (Lipinski definition) is 2. The summed E-state index contributed by atoms with van der Waals surface area (Å²) in [6, 6.07) is 5.71. The summed E-state index contributed by atoms with van der Waals surface area (Å²) in [4.78, 5) is 12.6. The minimum atomic E-state index is 0.384. The highest BCUT2D eigenvalue weighted by molar-refractivity contribution is 6.33. The van der Waals surface area contributed by atoms with E-state index in [4.69, 9.17) is 11.6 Å². The molecule has 2 nitrogen and oxygen atoms in total. The van der Waals surface area contributed by atoms with E-state index in [2.05, 4.69) is 18.7 Å². The van der Waals surface area contributed by atoms with Gasteiger partial charge in [0.1, 0.15) is 6.29 Å². The van der Waals surface area contributed by atoms with Gasteiger partial charge in [0.25, 0.3) is 0 Å². The summed E-state index contributed by atoms with van der Waals surface area (Å²) in [6.45, 7) is 4.17. The zero-order valence-corrected chi connectivity index (χ0v) is 9.38. The van der Waals surface area contributed by atoms with Crippen LogP contribution in [0.1, 0.15) is 24.2 Å². The fourth-order valence-corrected chi connectivity index (χ4v) is 1.48. The van der Waals surface area contributed by atoms with E-state index in [0.717, 1.165) is 12.0 Å². The molecule has 0 radical (unpaired) electrons. The molecular formula is C11H14ClNO. The number of rotatable bonds is 3. The van der Waals surface area contributed by atoms with E-state index in [1.165, 1.54) is 0 Å². The fraction of sp³-hybridized carbons (Fsp3) is 0.364. The van der Waals surface area contributed by atoms with Crippen LogP contribution < -0.4 is 4.90 Å². The van der Waals surface area contributed by atoms with Crippen molar-refractivity contribution in [3.05, 3.63) is 28.8 Å². The van der Waals surface area contributed by atoms with Crippen LogP contribution >= 0.6 is 11.6 Å². The maximum atomic E-state index is 10.5. The Hall–Kier alpha value is -1.02. The van der Waals surface area contributed by atoms with Crippen molar-refractivity contribution in [3.63, 3.8) is 0 Å². The van der Waals surface area contributed by atoms with Gasteiger partial charge < -0.3 is 4.90 Å². The number of anilines is 1. The normalized spacial score (nSPS) is 10.4. The lowest BCUT2D eigenvalue weighted by Gasteiger charge is -2.24. The maximum absolute atomic E-state index is 10.5. The molecule has 0 bridgehead atoms. The van der Waals surface area contributed by atoms with Crippen LogP contribution in [0.5, 0.6) is 0 Å². The quantitative estimate of drug-likeness (QED) is 0.717. The Balaban J connectivity index is 3.05. The van der Waals surface area contributed by atoms with Crippen molar-refractivity contribution in [2.24, 2.45) is 0 Å². The minimum Gasteiger partial charge on any atom is -0.371 e. The molecule has 1 aromatic carbocycles. The van der Waals surface area contributed by atoms with Crippen molar-refractivity contribution < 1.29 is 4.79 Å². The maximum Gasteiger partial charge on any atom is 0.150 e. The number of aldehydes is 1. The summed E-state index contributed by atoms with van der Waals surface area (Å²) in [5.41, 5.74) is 1.56. The third-order valence-electron chi connectivity index (χ3n) is 2.26. The molecule has 0 saturated heterocycles. The molecule has 0 amide bonds. The second-order valence-electron chi connectivity index (χ2n) is 3.53. The number of hydrogen-bond donors (Lipinski definition) is 0. The van der Waals surface area contributed by atoms with Gasteiger partial charge in [-0.1, -0.05) is 11.6 Å². The Morgan fingerprint density at radius 2 is 2.07 bits per heavy atom. The first-order valence-electron chi connectivity index (χ1n) is 4.54. The third kappa shape index (κ3) is 2.26. The van der Waals surface area contributed by atoms with Crippen molar-refractivity contribution in [3.8, 4) is 0 Å². The Morgan fingerprint density at radius 1 is 1.43 bits per heavy atom. The highest BCUT2D eigenvalue weighted by atomic mass is 35.5. The minimum absolute atomic E-state index is 0.384. The van der Waals surface area contributed by atoms with Crippen LogP contribution in [0.15, 0.2) is 18.2 Å². The van der Waals surface area contributed by atoms with Crippen LogP contribution in [0.4, 0.5) is 5.69 Å². The second kappa shape index (κ2) is 4.47. The molecular weight excluding hydrogens is 198 g/mol. The molecule has 0 aromatic heterocycles. The van der Waals surface area contributed by atoms with Gasteiger partial charge in [-0.3, -0.25) is 4.79 Å². The highest BCUT2D eigenvalue weighted by Gasteiger charge is 2.09. The van der Waals surface area contributed by atoms with Gasteiger partial charge in [0.2, 0.25) is 0 Å². The predicted octanol–water partition coefficient (Wildman–Crippen LogP) is 3.00. The van der Waals surface area contributed by atoms with Crippen molar-refractivity contribution in [2.45, 2.75) is 19.9 Å². The van der Waals surface area contributed by atoms with Crippen molar-refractivity contribution in [1.82, 2.24) is 0 Å². The molecule has 0 aliphatic carbocycles. The van der Waals surface area contributed by atoms with Crippen molar-refractivity contribution in [2.75, 3.05) is 11.9 Å².